The van der Waals surface area contributed by atoms with Crippen molar-refractivity contribution in [2.75, 3.05) is 12.3 Å². The standard InChI is InChI=1S/C17H19N3O2S/c21-17(15-12-23-16-7-2-1-6-14(16)22-15)20-10-3-5-13(20)11-19-9-4-8-18-19/h1-2,4,6-9,13,15H,3,5,10-12H2/t13-,15-/m1/s1. The van der Waals surface area contributed by atoms with Crippen molar-refractivity contribution in [1.82, 2.24) is 14.7 Å². The minimum atomic E-state index is -0.381. The first-order valence-corrected chi connectivity index (χ1v) is 8.96. The maximum Gasteiger partial charge on any atom is 0.264 e. The van der Waals surface area contributed by atoms with E-state index in [1.54, 1.807) is 18.0 Å². The molecule has 3 heterocycles. The van der Waals surface area contributed by atoms with Gasteiger partial charge in [-0.25, -0.2) is 0 Å². The minimum absolute atomic E-state index is 0.113. The first-order valence-electron chi connectivity index (χ1n) is 7.97. The quantitative estimate of drug-likeness (QED) is 0.868. The second-order valence-corrected chi connectivity index (χ2v) is 6.98. The molecular weight excluding hydrogens is 310 g/mol. The minimum Gasteiger partial charge on any atom is -0.479 e. The molecule has 5 nitrogen and oxygen atoms in total. The molecule has 0 bridgehead atoms. The van der Waals surface area contributed by atoms with Gasteiger partial charge < -0.3 is 9.64 Å². The van der Waals surface area contributed by atoms with Gasteiger partial charge in [0.15, 0.2) is 6.10 Å². The van der Waals surface area contributed by atoms with Crippen LogP contribution >= 0.6 is 11.8 Å². The number of likely N-dealkylation sites (tertiary alicyclic amines) is 1. The van der Waals surface area contributed by atoms with E-state index >= 15 is 0 Å². The van der Waals surface area contributed by atoms with Gasteiger partial charge >= 0.3 is 0 Å². The Morgan fingerprint density at radius 1 is 1.35 bits per heavy atom. The molecule has 0 saturated carbocycles. The van der Waals surface area contributed by atoms with Crippen LogP contribution in [0.5, 0.6) is 5.75 Å². The van der Waals surface area contributed by atoms with Crippen molar-refractivity contribution in [3.63, 3.8) is 0 Å². The summed E-state index contributed by atoms with van der Waals surface area (Å²) in [6.07, 6.45) is 5.42. The third-order valence-electron chi connectivity index (χ3n) is 4.40. The van der Waals surface area contributed by atoms with Crippen LogP contribution in [0.4, 0.5) is 0 Å². The molecule has 0 spiro atoms. The van der Waals surface area contributed by atoms with Gasteiger partial charge in [-0.15, -0.1) is 11.8 Å². The Kier molecular flexibility index (Phi) is 3.99. The number of ether oxygens (including phenoxy) is 1. The van der Waals surface area contributed by atoms with Gasteiger partial charge in [0.1, 0.15) is 5.75 Å². The first-order chi connectivity index (χ1) is 11.3. The Bertz CT molecular complexity index is 689. The number of thioether (sulfide) groups is 1. The fourth-order valence-electron chi connectivity index (χ4n) is 3.27. The summed E-state index contributed by atoms with van der Waals surface area (Å²) in [5.74, 6) is 1.62. The Balaban J connectivity index is 1.46. The second kappa shape index (κ2) is 6.28. The Morgan fingerprint density at radius 2 is 2.26 bits per heavy atom. The maximum absolute atomic E-state index is 12.9. The van der Waals surface area contributed by atoms with E-state index in [0.29, 0.717) is 5.75 Å². The van der Waals surface area contributed by atoms with Gasteiger partial charge in [0, 0.05) is 29.6 Å². The lowest BCUT2D eigenvalue weighted by molar-refractivity contribution is -0.139. The highest BCUT2D eigenvalue weighted by Gasteiger charge is 2.36. The molecule has 2 aliphatic rings. The molecule has 6 heteroatoms. The molecule has 2 aliphatic heterocycles. The molecule has 0 unspecified atom stereocenters. The van der Waals surface area contributed by atoms with Gasteiger partial charge in [0.05, 0.1) is 12.6 Å². The van der Waals surface area contributed by atoms with E-state index in [1.807, 2.05) is 46.1 Å². The van der Waals surface area contributed by atoms with Gasteiger partial charge in [-0.05, 0) is 31.0 Å². The summed E-state index contributed by atoms with van der Waals surface area (Å²) in [6.45, 7) is 1.58. The fourth-order valence-corrected chi connectivity index (χ4v) is 4.24. The number of rotatable bonds is 3. The van der Waals surface area contributed by atoms with Crippen LogP contribution in [0.1, 0.15) is 12.8 Å². The van der Waals surface area contributed by atoms with Crippen LogP contribution in [0.2, 0.25) is 0 Å². The SMILES string of the molecule is O=C([C@H]1CSc2ccccc2O1)N1CCC[C@@H]1Cn1cccn1. The molecule has 120 valence electrons. The number of amides is 1. The van der Waals surface area contributed by atoms with Crippen LogP contribution < -0.4 is 4.74 Å². The smallest absolute Gasteiger partial charge is 0.264 e. The number of aromatic nitrogens is 2. The predicted octanol–water partition coefficient (Wildman–Crippen LogP) is 2.43. The lowest BCUT2D eigenvalue weighted by atomic mass is 10.2. The summed E-state index contributed by atoms with van der Waals surface area (Å²) in [5.41, 5.74) is 0. The molecule has 2 atom stereocenters. The zero-order valence-corrected chi connectivity index (χ0v) is 13.6. The Labute approximate surface area is 139 Å². The molecule has 0 N–H and O–H groups in total. The molecule has 23 heavy (non-hydrogen) atoms. The van der Waals surface area contributed by atoms with E-state index in [-0.39, 0.29) is 18.1 Å². The topological polar surface area (TPSA) is 47.4 Å². The summed E-state index contributed by atoms with van der Waals surface area (Å²) in [6, 6.07) is 10.1. The number of hydrogen-bond donors (Lipinski definition) is 0. The lowest BCUT2D eigenvalue weighted by Gasteiger charge is -2.31. The van der Waals surface area contributed by atoms with Crippen molar-refractivity contribution >= 4 is 17.7 Å². The van der Waals surface area contributed by atoms with Crippen LogP contribution in [-0.4, -0.2) is 45.0 Å². The summed E-state index contributed by atoms with van der Waals surface area (Å²) in [4.78, 5) is 16.0. The highest BCUT2D eigenvalue weighted by atomic mass is 32.2. The third kappa shape index (κ3) is 2.95. The van der Waals surface area contributed by atoms with Gasteiger partial charge in [0.2, 0.25) is 0 Å². The van der Waals surface area contributed by atoms with E-state index in [2.05, 4.69) is 5.10 Å². The molecule has 4 rings (SSSR count). The molecule has 0 radical (unpaired) electrons. The monoisotopic (exact) mass is 329 g/mol. The van der Waals surface area contributed by atoms with Gasteiger partial charge in [-0.1, -0.05) is 12.1 Å². The van der Waals surface area contributed by atoms with Crippen molar-refractivity contribution in [2.45, 2.75) is 36.4 Å². The van der Waals surface area contributed by atoms with Gasteiger partial charge in [-0.2, -0.15) is 5.10 Å². The van der Waals surface area contributed by atoms with Crippen LogP contribution in [0.15, 0.2) is 47.6 Å². The maximum atomic E-state index is 12.9. The zero-order chi connectivity index (χ0) is 15.6. The van der Waals surface area contributed by atoms with Crippen LogP contribution in [0.3, 0.4) is 0 Å². The van der Waals surface area contributed by atoms with E-state index in [4.69, 9.17) is 4.74 Å². The average Bonchev–Trinajstić information content (AvgIpc) is 3.26. The average molecular weight is 329 g/mol. The van der Waals surface area contributed by atoms with E-state index < -0.39 is 0 Å². The molecule has 1 amide bonds. The van der Waals surface area contributed by atoms with Crippen molar-refractivity contribution in [3.05, 3.63) is 42.7 Å². The number of benzene rings is 1. The van der Waals surface area contributed by atoms with Crippen LogP contribution in [-0.2, 0) is 11.3 Å². The Morgan fingerprint density at radius 3 is 3.13 bits per heavy atom. The van der Waals surface area contributed by atoms with Crippen LogP contribution in [0.25, 0.3) is 0 Å². The normalized spacial score (nSPS) is 23.4. The number of carbonyl (C=O) groups excluding carboxylic acids is 1. The summed E-state index contributed by atoms with van der Waals surface area (Å²) >= 11 is 1.70. The van der Waals surface area contributed by atoms with Crippen molar-refractivity contribution in [1.29, 1.82) is 0 Å². The van der Waals surface area contributed by atoms with Crippen molar-refractivity contribution in [2.24, 2.45) is 0 Å². The molecule has 1 aromatic carbocycles. The number of nitrogens with zero attached hydrogens (tertiary/aromatic N) is 3. The first kappa shape index (κ1) is 14.6. The number of carbonyl (C=O) groups is 1. The van der Waals surface area contributed by atoms with Crippen LogP contribution in [0, 0.1) is 0 Å². The zero-order valence-electron chi connectivity index (χ0n) is 12.8. The van der Waals surface area contributed by atoms with Crippen molar-refractivity contribution in [3.8, 4) is 5.75 Å². The summed E-state index contributed by atoms with van der Waals surface area (Å²) in [7, 11) is 0. The second-order valence-electron chi connectivity index (χ2n) is 5.92. The number of hydrogen-bond acceptors (Lipinski definition) is 4. The van der Waals surface area contributed by atoms with E-state index in [1.165, 1.54) is 0 Å². The number of fused-ring (bicyclic) bond motifs is 1. The third-order valence-corrected chi connectivity index (χ3v) is 5.52. The van der Waals surface area contributed by atoms with E-state index in [0.717, 1.165) is 36.6 Å². The summed E-state index contributed by atoms with van der Waals surface area (Å²) < 4.78 is 7.86. The number of para-hydroxylation sites is 1. The lowest BCUT2D eigenvalue weighted by Crippen LogP contribution is -2.47. The molecular formula is C17H19N3O2S. The predicted molar refractivity (Wildman–Crippen MR) is 88.5 cm³/mol. The van der Waals surface area contributed by atoms with Crippen molar-refractivity contribution < 1.29 is 9.53 Å². The largest absolute Gasteiger partial charge is 0.479 e. The fraction of sp³-hybridized carbons (Fsp3) is 0.412. The summed E-state index contributed by atoms with van der Waals surface area (Å²) in [5, 5.41) is 4.26. The molecule has 2 aromatic rings. The molecule has 1 saturated heterocycles. The highest BCUT2D eigenvalue weighted by molar-refractivity contribution is 7.99. The van der Waals surface area contributed by atoms with Gasteiger partial charge in [-0.3, -0.25) is 9.48 Å². The Hall–Kier alpha value is -1.95. The molecule has 1 fully saturated rings. The highest BCUT2D eigenvalue weighted by Crippen LogP contribution is 2.36. The van der Waals surface area contributed by atoms with Gasteiger partial charge in [0.25, 0.3) is 5.91 Å². The molecule has 1 aromatic heterocycles. The molecule has 0 aliphatic carbocycles. The van der Waals surface area contributed by atoms with E-state index in [9.17, 15) is 4.79 Å².